The van der Waals surface area contributed by atoms with Crippen LogP contribution in [0, 0.1) is 11.8 Å². The molecule has 0 spiro atoms. The van der Waals surface area contributed by atoms with Gasteiger partial charge in [-0.2, -0.15) is 0 Å². The molecule has 14 heavy (non-hydrogen) atoms. The highest BCUT2D eigenvalue weighted by molar-refractivity contribution is 6.48. The largest absolute Gasteiger partial charge is 0.461 e. The fourth-order valence-corrected chi connectivity index (χ4v) is 2.24. The lowest BCUT2D eigenvalue weighted by atomic mass is 9.80. The van der Waals surface area contributed by atoms with Crippen LogP contribution in [-0.2, 0) is 9.31 Å². The molecule has 1 saturated heterocycles. The molecule has 0 bridgehead atoms. The van der Waals surface area contributed by atoms with Gasteiger partial charge in [-0.1, -0.05) is 13.8 Å². The minimum Gasteiger partial charge on any atom is -0.403 e. The van der Waals surface area contributed by atoms with Gasteiger partial charge in [-0.3, -0.25) is 0 Å². The molecule has 2 aliphatic rings. The van der Waals surface area contributed by atoms with Crippen LogP contribution in [0.15, 0.2) is 0 Å². The summed E-state index contributed by atoms with van der Waals surface area (Å²) in [6.07, 6.45) is 0. The van der Waals surface area contributed by atoms with E-state index in [0.717, 1.165) is 11.8 Å². The fraction of sp³-hybridized carbons (Fsp3) is 1.00. The molecular weight excluding hydrogens is 175 g/mol. The molecule has 3 heteroatoms. The first-order valence-electron chi connectivity index (χ1n) is 5.62. The van der Waals surface area contributed by atoms with E-state index in [1.807, 2.05) is 0 Å². The van der Waals surface area contributed by atoms with Crippen LogP contribution in [0.3, 0.4) is 0 Å². The first-order valence-corrected chi connectivity index (χ1v) is 5.62. The lowest BCUT2D eigenvalue weighted by Crippen LogP contribution is -2.41. The maximum atomic E-state index is 6.01. The Morgan fingerprint density at radius 2 is 1.21 bits per heavy atom. The van der Waals surface area contributed by atoms with E-state index in [9.17, 15) is 0 Å². The molecule has 1 aliphatic heterocycles. The van der Waals surface area contributed by atoms with Crippen LogP contribution in [0.5, 0.6) is 0 Å². The van der Waals surface area contributed by atoms with Gasteiger partial charge in [0.1, 0.15) is 0 Å². The second kappa shape index (κ2) is 2.76. The molecule has 1 aliphatic carbocycles. The highest BCUT2D eigenvalue weighted by Gasteiger charge is 2.61. The highest BCUT2D eigenvalue weighted by atomic mass is 16.7. The topological polar surface area (TPSA) is 18.5 Å². The zero-order chi connectivity index (χ0) is 10.7. The maximum Gasteiger partial charge on any atom is 0.461 e. The van der Waals surface area contributed by atoms with Gasteiger partial charge in [0.15, 0.2) is 0 Å². The minimum atomic E-state index is -0.167. The maximum absolute atomic E-state index is 6.01. The van der Waals surface area contributed by atoms with Crippen LogP contribution in [-0.4, -0.2) is 18.3 Å². The molecule has 2 fully saturated rings. The summed E-state index contributed by atoms with van der Waals surface area (Å²) in [5, 5.41) is 0. The summed E-state index contributed by atoms with van der Waals surface area (Å²) in [6, 6.07) is 0. The van der Waals surface area contributed by atoms with E-state index in [1.165, 1.54) is 0 Å². The monoisotopic (exact) mass is 196 g/mol. The van der Waals surface area contributed by atoms with Crippen molar-refractivity contribution in [2.75, 3.05) is 0 Å². The quantitative estimate of drug-likeness (QED) is 0.600. The third kappa shape index (κ3) is 1.33. The lowest BCUT2D eigenvalue weighted by molar-refractivity contribution is 0.00578. The van der Waals surface area contributed by atoms with Gasteiger partial charge in [0.05, 0.1) is 11.2 Å². The standard InChI is InChI=1S/C11H21BO2/c1-7-8(2)9(7)12-13-10(3,4)11(5,6)14-12/h7-9H,1-6H3. The summed E-state index contributed by atoms with van der Waals surface area (Å²) >= 11 is 0. The van der Waals surface area contributed by atoms with Gasteiger partial charge in [0.25, 0.3) is 0 Å². The van der Waals surface area contributed by atoms with Crippen LogP contribution in [0.4, 0.5) is 0 Å². The van der Waals surface area contributed by atoms with E-state index in [0.29, 0.717) is 5.82 Å². The van der Waals surface area contributed by atoms with Crippen molar-refractivity contribution < 1.29 is 9.31 Å². The summed E-state index contributed by atoms with van der Waals surface area (Å²) in [4.78, 5) is 0. The lowest BCUT2D eigenvalue weighted by Gasteiger charge is -2.32. The van der Waals surface area contributed by atoms with E-state index in [1.54, 1.807) is 0 Å². The minimum absolute atomic E-state index is 0.0185. The van der Waals surface area contributed by atoms with Crippen LogP contribution in [0.2, 0.25) is 5.82 Å². The molecule has 1 heterocycles. The zero-order valence-corrected chi connectivity index (χ0v) is 10.1. The van der Waals surface area contributed by atoms with Gasteiger partial charge in [-0.05, 0) is 45.3 Å². The summed E-state index contributed by atoms with van der Waals surface area (Å²) in [6.45, 7) is 13.0. The second-order valence-corrected chi connectivity index (χ2v) is 5.92. The molecule has 1 saturated carbocycles. The van der Waals surface area contributed by atoms with Crippen molar-refractivity contribution in [3.05, 3.63) is 0 Å². The van der Waals surface area contributed by atoms with Crippen molar-refractivity contribution in [1.82, 2.24) is 0 Å². The van der Waals surface area contributed by atoms with Gasteiger partial charge in [0.2, 0.25) is 0 Å². The van der Waals surface area contributed by atoms with Crippen LogP contribution >= 0.6 is 0 Å². The molecule has 0 aromatic heterocycles. The zero-order valence-electron chi connectivity index (χ0n) is 10.1. The SMILES string of the molecule is CC1C(C)C1B1OC(C)(C)C(C)(C)O1. The Kier molecular flexibility index (Phi) is 2.07. The van der Waals surface area contributed by atoms with Crippen LogP contribution in [0.1, 0.15) is 41.5 Å². The number of hydrogen-bond acceptors (Lipinski definition) is 2. The normalized spacial score (nSPS) is 44.1. The Labute approximate surface area is 87.5 Å². The molecule has 0 aromatic rings. The average Bonchev–Trinajstić information content (AvgIpc) is 2.49. The smallest absolute Gasteiger partial charge is 0.403 e. The third-order valence-corrected chi connectivity index (χ3v) is 4.49. The number of hydrogen-bond donors (Lipinski definition) is 0. The third-order valence-electron chi connectivity index (χ3n) is 4.49. The Balaban J connectivity index is 2.08. The molecular formula is C11H21BO2. The van der Waals surface area contributed by atoms with Gasteiger partial charge in [0, 0.05) is 0 Å². The summed E-state index contributed by atoms with van der Waals surface area (Å²) in [5.41, 5.74) is -0.334. The van der Waals surface area contributed by atoms with Gasteiger partial charge in [-0.15, -0.1) is 0 Å². The predicted octanol–water partition coefficient (Wildman–Crippen LogP) is 2.73. The van der Waals surface area contributed by atoms with Crippen molar-refractivity contribution in [3.8, 4) is 0 Å². The van der Waals surface area contributed by atoms with E-state index in [4.69, 9.17) is 9.31 Å². The van der Waals surface area contributed by atoms with Crippen molar-refractivity contribution in [1.29, 1.82) is 0 Å². The average molecular weight is 196 g/mol. The van der Waals surface area contributed by atoms with E-state index in [-0.39, 0.29) is 18.3 Å². The predicted molar refractivity (Wildman–Crippen MR) is 58.2 cm³/mol. The van der Waals surface area contributed by atoms with Gasteiger partial charge >= 0.3 is 7.12 Å². The molecule has 2 rings (SSSR count). The van der Waals surface area contributed by atoms with Crippen LogP contribution < -0.4 is 0 Å². The van der Waals surface area contributed by atoms with Crippen molar-refractivity contribution in [2.24, 2.45) is 11.8 Å². The van der Waals surface area contributed by atoms with E-state index < -0.39 is 0 Å². The van der Waals surface area contributed by atoms with E-state index in [2.05, 4.69) is 41.5 Å². The molecule has 2 atom stereocenters. The Morgan fingerprint density at radius 1 is 0.857 bits per heavy atom. The van der Waals surface area contributed by atoms with Gasteiger partial charge in [-0.25, -0.2) is 0 Å². The molecule has 0 N–H and O–H groups in total. The molecule has 2 nitrogen and oxygen atoms in total. The second-order valence-electron chi connectivity index (χ2n) is 5.92. The molecule has 2 unspecified atom stereocenters. The summed E-state index contributed by atoms with van der Waals surface area (Å²) in [5.74, 6) is 2.12. The molecule has 0 amide bonds. The molecule has 80 valence electrons. The number of rotatable bonds is 1. The van der Waals surface area contributed by atoms with E-state index >= 15 is 0 Å². The Hall–Kier alpha value is -0.0151. The summed E-state index contributed by atoms with van der Waals surface area (Å²) in [7, 11) is 0.0185. The van der Waals surface area contributed by atoms with Crippen molar-refractivity contribution in [2.45, 2.75) is 58.6 Å². The van der Waals surface area contributed by atoms with Crippen LogP contribution in [0.25, 0.3) is 0 Å². The fourth-order valence-electron chi connectivity index (χ4n) is 2.24. The first kappa shape index (κ1) is 10.5. The van der Waals surface area contributed by atoms with Crippen molar-refractivity contribution in [3.63, 3.8) is 0 Å². The van der Waals surface area contributed by atoms with Crippen molar-refractivity contribution >= 4 is 7.12 Å². The Bertz CT molecular complexity index is 226. The molecule has 0 radical (unpaired) electrons. The summed E-state index contributed by atoms with van der Waals surface area (Å²) < 4.78 is 12.0. The Morgan fingerprint density at radius 3 is 1.50 bits per heavy atom. The first-order chi connectivity index (χ1) is 6.26. The highest BCUT2D eigenvalue weighted by Crippen LogP contribution is 2.57. The molecule has 0 aromatic carbocycles. The van der Waals surface area contributed by atoms with Gasteiger partial charge < -0.3 is 9.31 Å².